The molecule has 0 spiro atoms. The molecule has 78 valence electrons. The molecule has 0 aromatic carbocycles. The predicted molar refractivity (Wildman–Crippen MR) is 55.9 cm³/mol. The van der Waals surface area contributed by atoms with Crippen LogP contribution in [0.4, 0.5) is 0 Å². The third kappa shape index (κ3) is 3.65. The fourth-order valence-corrected chi connectivity index (χ4v) is 1.86. The second-order valence-electron chi connectivity index (χ2n) is 3.96. The molecule has 0 amide bonds. The van der Waals surface area contributed by atoms with Crippen molar-refractivity contribution in [1.82, 2.24) is 5.32 Å². The first-order valence-electron chi connectivity index (χ1n) is 5.66. The van der Waals surface area contributed by atoms with Crippen molar-refractivity contribution in [2.24, 2.45) is 11.8 Å². The summed E-state index contributed by atoms with van der Waals surface area (Å²) in [5, 5.41) is 3.49. The highest BCUT2D eigenvalue weighted by atomic mass is 16.5. The highest BCUT2D eigenvalue weighted by molar-refractivity contribution is 4.81. The third-order valence-corrected chi connectivity index (χ3v) is 2.94. The van der Waals surface area contributed by atoms with Crippen LogP contribution < -0.4 is 5.32 Å². The molecule has 2 atom stereocenters. The van der Waals surface area contributed by atoms with Crippen LogP contribution in [0.25, 0.3) is 0 Å². The van der Waals surface area contributed by atoms with Crippen LogP contribution in [0.1, 0.15) is 33.1 Å². The topological polar surface area (TPSA) is 21.3 Å². The molecule has 0 aromatic heterocycles. The van der Waals surface area contributed by atoms with Crippen molar-refractivity contribution in [2.45, 2.75) is 33.1 Å². The maximum atomic E-state index is 5.45. The Morgan fingerprint density at radius 2 is 2.00 bits per heavy atom. The number of nitrogens with one attached hydrogen (secondary N) is 1. The maximum absolute atomic E-state index is 5.45. The molecule has 1 aliphatic rings. The zero-order valence-electron chi connectivity index (χ0n) is 9.01. The van der Waals surface area contributed by atoms with Crippen LogP contribution in [-0.4, -0.2) is 26.3 Å². The molecule has 0 saturated heterocycles. The predicted octanol–water partition coefficient (Wildman–Crippen LogP) is 2.05. The van der Waals surface area contributed by atoms with Crippen LogP contribution in [0.3, 0.4) is 0 Å². The first kappa shape index (κ1) is 11.0. The molecule has 1 aliphatic carbocycles. The summed E-state index contributed by atoms with van der Waals surface area (Å²) in [7, 11) is 0. The van der Waals surface area contributed by atoms with E-state index in [1.165, 1.54) is 25.8 Å². The smallest absolute Gasteiger partial charge is 0.0497 e. The monoisotopic (exact) mass is 185 g/mol. The van der Waals surface area contributed by atoms with Gasteiger partial charge in [-0.2, -0.15) is 0 Å². The summed E-state index contributed by atoms with van der Waals surface area (Å²) in [6, 6.07) is 0. The van der Waals surface area contributed by atoms with Crippen molar-refractivity contribution < 1.29 is 4.74 Å². The van der Waals surface area contributed by atoms with Gasteiger partial charge in [0.1, 0.15) is 0 Å². The normalized spacial score (nSPS) is 27.2. The minimum atomic E-state index is 0.837. The van der Waals surface area contributed by atoms with Crippen LogP contribution in [0.15, 0.2) is 0 Å². The minimum Gasteiger partial charge on any atom is -0.381 e. The van der Waals surface area contributed by atoms with Crippen molar-refractivity contribution in [1.29, 1.82) is 0 Å². The fraction of sp³-hybridized carbons (Fsp3) is 1.00. The Morgan fingerprint density at radius 1 is 1.23 bits per heavy atom. The average molecular weight is 185 g/mol. The summed E-state index contributed by atoms with van der Waals surface area (Å²) in [4.78, 5) is 0. The molecule has 0 bridgehead atoms. The maximum Gasteiger partial charge on any atom is 0.0497 e. The third-order valence-electron chi connectivity index (χ3n) is 2.94. The van der Waals surface area contributed by atoms with Gasteiger partial charge in [0.2, 0.25) is 0 Å². The van der Waals surface area contributed by atoms with Crippen molar-refractivity contribution in [3.63, 3.8) is 0 Å². The van der Waals surface area contributed by atoms with Crippen molar-refractivity contribution in [3.8, 4) is 0 Å². The Bertz CT molecular complexity index is 127. The van der Waals surface area contributed by atoms with E-state index in [-0.39, 0.29) is 0 Å². The van der Waals surface area contributed by atoms with Crippen LogP contribution in [0.2, 0.25) is 0 Å². The first-order chi connectivity index (χ1) is 6.38. The molecule has 0 radical (unpaired) electrons. The molecule has 1 saturated carbocycles. The molecule has 2 heteroatoms. The summed E-state index contributed by atoms with van der Waals surface area (Å²) in [5.74, 6) is 1.72. The fourth-order valence-electron chi connectivity index (χ4n) is 1.86. The number of rotatable bonds is 7. The van der Waals surface area contributed by atoms with Gasteiger partial charge < -0.3 is 10.1 Å². The number of hydrogen-bond donors (Lipinski definition) is 1. The van der Waals surface area contributed by atoms with Crippen LogP contribution in [0.5, 0.6) is 0 Å². The van der Waals surface area contributed by atoms with Crippen LogP contribution in [-0.2, 0) is 4.74 Å². The molecule has 0 aromatic rings. The van der Waals surface area contributed by atoms with Gasteiger partial charge in [0, 0.05) is 13.2 Å². The molecular formula is C11H23NO. The van der Waals surface area contributed by atoms with Gasteiger partial charge in [0.05, 0.1) is 0 Å². The van der Waals surface area contributed by atoms with Crippen molar-refractivity contribution in [2.75, 3.05) is 26.3 Å². The lowest BCUT2D eigenvalue weighted by Gasteiger charge is -2.36. The van der Waals surface area contributed by atoms with Gasteiger partial charge >= 0.3 is 0 Å². The zero-order valence-corrected chi connectivity index (χ0v) is 9.01. The number of ether oxygens (including phenoxy) is 1. The lowest BCUT2D eigenvalue weighted by Crippen LogP contribution is -2.37. The Hall–Kier alpha value is -0.0800. The quantitative estimate of drug-likeness (QED) is 0.613. The van der Waals surface area contributed by atoms with E-state index in [0.29, 0.717) is 0 Å². The van der Waals surface area contributed by atoms with E-state index in [1.54, 1.807) is 0 Å². The van der Waals surface area contributed by atoms with E-state index in [4.69, 9.17) is 4.74 Å². The van der Waals surface area contributed by atoms with Crippen molar-refractivity contribution >= 4 is 0 Å². The summed E-state index contributed by atoms with van der Waals surface area (Å²) < 4.78 is 5.45. The summed E-state index contributed by atoms with van der Waals surface area (Å²) in [5.41, 5.74) is 0. The summed E-state index contributed by atoms with van der Waals surface area (Å²) >= 11 is 0. The van der Waals surface area contributed by atoms with E-state index in [2.05, 4.69) is 19.2 Å². The van der Waals surface area contributed by atoms with E-state index >= 15 is 0 Å². The van der Waals surface area contributed by atoms with Gasteiger partial charge in [-0.1, -0.05) is 6.92 Å². The van der Waals surface area contributed by atoms with E-state index in [9.17, 15) is 0 Å². The summed E-state index contributed by atoms with van der Waals surface area (Å²) in [6.07, 6.45) is 4.01. The Kier molecular flexibility index (Phi) is 5.40. The minimum absolute atomic E-state index is 0.837. The SMILES string of the molecule is CCCNCC1CCC1COCC. The molecule has 1 rings (SSSR count). The van der Waals surface area contributed by atoms with Gasteiger partial charge in [0.25, 0.3) is 0 Å². The standard InChI is InChI=1S/C11H23NO/c1-3-7-12-8-10-5-6-11(10)9-13-4-2/h10-12H,3-9H2,1-2H3. The van der Waals surface area contributed by atoms with Gasteiger partial charge in [-0.25, -0.2) is 0 Å². The first-order valence-corrected chi connectivity index (χ1v) is 5.66. The molecule has 13 heavy (non-hydrogen) atoms. The Morgan fingerprint density at radius 3 is 2.54 bits per heavy atom. The highest BCUT2D eigenvalue weighted by Crippen LogP contribution is 2.33. The Balaban J connectivity index is 1.99. The Labute approximate surface area is 82.0 Å². The molecule has 2 nitrogen and oxygen atoms in total. The van der Waals surface area contributed by atoms with Gasteiger partial charge in [-0.3, -0.25) is 0 Å². The average Bonchev–Trinajstić information content (AvgIpc) is 2.11. The van der Waals surface area contributed by atoms with Crippen LogP contribution in [0, 0.1) is 11.8 Å². The zero-order chi connectivity index (χ0) is 9.52. The van der Waals surface area contributed by atoms with Crippen molar-refractivity contribution in [3.05, 3.63) is 0 Å². The lowest BCUT2D eigenvalue weighted by molar-refractivity contribution is 0.0379. The largest absolute Gasteiger partial charge is 0.381 e. The van der Waals surface area contributed by atoms with Gasteiger partial charge in [0.15, 0.2) is 0 Å². The highest BCUT2D eigenvalue weighted by Gasteiger charge is 2.29. The van der Waals surface area contributed by atoms with Gasteiger partial charge in [-0.15, -0.1) is 0 Å². The molecule has 1 N–H and O–H groups in total. The van der Waals surface area contributed by atoms with Crippen LogP contribution >= 0.6 is 0 Å². The second kappa shape index (κ2) is 6.39. The van der Waals surface area contributed by atoms with E-state index < -0.39 is 0 Å². The molecule has 0 aliphatic heterocycles. The molecular weight excluding hydrogens is 162 g/mol. The molecule has 2 unspecified atom stereocenters. The molecule has 1 fully saturated rings. The van der Waals surface area contributed by atoms with E-state index in [1.807, 2.05) is 0 Å². The second-order valence-corrected chi connectivity index (χ2v) is 3.96. The lowest BCUT2D eigenvalue weighted by atomic mass is 9.74. The van der Waals surface area contributed by atoms with E-state index in [0.717, 1.165) is 31.6 Å². The summed E-state index contributed by atoms with van der Waals surface area (Å²) in [6.45, 7) is 8.50. The van der Waals surface area contributed by atoms with Gasteiger partial charge in [-0.05, 0) is 51.1 Å². The molecule has 0 heterocycles. The number of hydrogen-bond acceptors (Lipinski definition) is 2.